The van der Waals surface area contributed by atoms with Crippen LogP contribution in [0.4, 0.5) is 0 Å². The number of carboxylic acids is 1. The number of Topliss-reactive ketones (excluding diaryl/α,β-unsaturated/α-hetero) is 4. The van der Waals surface area contributed by atoms with E-state index in [0.29, 0.717) is 11.1 Å². The first-order chi connectivity index (χ1) is 28.7. The van der Waals surface area contributed by atoms with Gasteiger partial charge in [0.05, 0.1) is 17.0 Å². The first-order valence-corrected chi connectivity index (χ1v) is 19.7. The highest BCUT2D eigenvalue weighted by molar-refractivity contribution is 6.03. The summed E-state index contributed by atoms with van der Waals surface area (Å²) in [5.74, 6) is -5.62. The maximum Gasteiger partial charge on any atom is 0.339 e. The molecule has 0 aliphatic carbocycles. The summed E-state index contributed by atoms with van der Waals surface area (Å²) in [7, 11) is 0. The predicted molar refractivity (Wildman–Crippen MR) is 230 cm³/mol. The summed E-state index contributed by atoms with van der Waals surface area (Å²) in [4.78, 5) is 79.4. The van der Waals surface area contributed by atoms with Crippen molar-refractivity contribution in [3.8, 4) is 0 Å². The molecule has 0 aliphatic heterocycles. The fourth-order valence-electron chi connectivity index (χ4n) is 7.10. The summed E-state index contributed by atoms with van der Waals surface area (Å²) in [6, 6.07) is 29.5. The van der Waals surface area contributed by atoms with E-state index in [2.05, 4.69) is 0 Å². The van der Waals surface area contributed by atoms with Crippen molar-refractivity contribution < 1.29 is 59.0 Å². The Labute approximate surface area is 359 Å². The van der Waals surface area contributed by atoms with Gasteiger partial charge in [0.1, 0.15) is 22.4 Å². The van der Waals surface area contributed by atoms with Crippen molar-refractivity contribution in [2.24, 2.45) is 0 Å². The van der Waals surface area contributed by atoms with Gasteiger partial charge in [-0.3, -0.25) is 19.2 Å². The van der Waals surface area contributed by atoms with E-state index in [-0.39, 0.29) is 44.5 Å². The zero-order chi connectivity index (χ0) is 46.2. The van der Waals surface area contributed by atoms with E-state index < -0.39 is 69.0 Å². The Morgan fingerprint density at radius 1 is 0.387 bits per heavy atom. The van der Waals surface area contributed by atoms with E-state index in [0.717, 1.165) is 0 Å². The number of hydrogen-bond acceptors (Lipinski definition) is 11. The molecule has 5 aromatic rings. The zero-order valence-electron chi connectivity index (χ0n) is 35.7. The SMILES string of the molecule is CC(C)(O)C(=O)c1ccc(C(c2ccc(C(=O)C(C)(C)O)cc2)C(OC(=O)c2ccc(C(=O)O)cc2)(c2ccc(C(=O)C(C)(C)O)cc2)c2ccc(C(=O)C(C)(C)O)cc2)cc1. The van der Waals surface area contributed by atoms with Crippen LogP contribution in [-0.4, -0.2) is 83.0 Å². The van der Waals surface area contributed by atoms with E-state index in [1.807, 2.05) is 0 Å². The molecule has 0 atom stereocenters. The molecule has 0 bridgehead atoms. The quantitative estimate of drug-likeness (QED) is 0.0496. The van der Waals surface area contributed by atoms with Gasteiger partial charge in [0.25, 0.3) is 0 Å². The number of hydrogen-bond donors (Lipinski definition) is 5. The normalized spacial score (nSPS) is 12.5. The number of ketones is 4. The Kier molecular flexibility index (Phi) is 12.9. The maximum absolute atomic E-state index is 14.7. The minimum absolute atomic E-state index is 0.0435. The number of aromatic carboxylic acids is 1. The second kappa shape index (κ2) is 17.1. The first-order valence-electron chi connectivity index (χ1n) is 19.7. The smallest absolute Gasteiger partial charge is 0.339 e. The van der Waals surface area contributed by atoms with Gasteiger partial charge in [-0.25, -0.2) is 9.59 Å². The van der Waals surface area contributed by atoms with Crippen molar-refractivity contribution in [1.82, 2.24) is 0 Å². The van der Waals surface area contributed by atoms with Crippen molar-refractivity contribution >= 4 is 35.1 Å². The summed E-state index contributed by atoms with van der Waals surface area (Å²) in [6.07, 6.45) is 0. The average Bonchev–Trinajstić information content (AvgIpc) is 3.21. The highest BCUT2D eigenvalue weighted by Gasteiger charge is 2.49. The summed E-state index contributed by atoms with van der Waals surface area (Å²) in [5.41, 5.74) is -7.10. The highest BCUT2D eigenvalue weighted by atomic mass is 16.6. The van der Waals surface area contributed by atoms with Crippen molar-refractivity contribution in [2.45, 2.75) is 89.3 Å². The number of ether oxygens (including phenoxy) is 1. The van der Waals surface area contributed by atoms with Crippen molar-refractivity contribution in [3.63, 3.8) is 0 Å². The van der Waals surface area contributed by atoms with Gasteiger partial charge in [-0.15, -0.1) is 0 Å². The van der Waals surface area contributed by atoms with Crippen LogP contribution in [-0.2, 0) is 10.3 Å². The van der Waals surface area contributed by atoms with Crippen molar-refractivity contribution in [1.29, 1.82) is 0 Å². The predicted octanol–water partition coefficient (Wildman–Crippen LogP) is 7.13. The molecule has 0 heterocycles. The summed E-state index contributed by atoms with van der Waals surface area (Å²) in [5, 5.41) is 51.9. The zero-order valence-corrected chi connectivity index (χ0v) is 35.7. The third kappa shape index (κ3) is 9.85. The Morgan fingerprint density at radius 2 is 0.629 bits per heavy atom. The lowest BCUT2D eigenvalue weighted by Crippen LogP contribution is -2.41. The van der Waals surface area contributed by atoms with Crippen LogP contribution in [0.15, 0.2) is 121 Å². The molecule has 0 aliphatic rings. The number of esters is 1. The fourth-order valence-corrected chi connectivity index (χ4v) is 7.10. The van der Waals surface area contributed by atoms with Gasteiger partial charge >= 0.3 is 11.9 Å². The number of carbonyl (C=O) groups excluding carboxylic acids is 5. The van der Waals surface area contributed by atoms with Crippen LogP contribution in [0.1, 0.15) is 146 Å². The van der Waals surface area contributed by atoms with Gasteiger partial charge in [-0.1, -0.05) is 97.1 Å². The minimum atomic E-state index is -2.00. The lowest BCUT2D eigenvalue weighted by molar-refractivity contribution is -0.00921. The van der Waals surface area contributed by atoms with Gasteiger partial charge in [0.15, 0.2) is 28.7 Å². The van der Waals surface area contributed by atoms with E-state index in [1.165, 1.54) is 128 Å². The molecule has 5 aromatic carbocycles. The fraction of sp³-hybridized carbons (Fsp3) is 0.280. The Morgan fingerprint density at radius 3 is 0.887 bits per heavy atom. The minimum Gasteiger partial charge on any atom is -0.478 e. The summed E-state index contributed by atoms with van der Waals surface area (Å²) < 4.78 is 6.80. The van der Waals surface area contributed by atoms with Gasteiger partial charge in [0, 0.05) is 33.4 Å². The molecule has 322 valence electrons. The van der Waals surface area contributed by atoms with Gasteiger partial charge in [0.2, 0.25) is 0 Å². The molecule has 0 amide bonds. The van der Waals surface area contributed by atoms with Crippen LogP contribution in [0.25, 0.3) is 0 Å². The Bertz CT molecular complexity index is 2350. The maximum atomic E-state index is 14.7. The molecule has 5 rings (SSSR count). The van der Waals surface area contributed by atoms with Crippen LogP contribution in [0.3, 0.4) is 0 Å². The number of benzene rings is 5. The topological polar surface area (TPSA) is 213 Å². The molecule has 12 heteroatoms. The number of carboxylic acid groups (broad SMARTS) is 1. The molecule has 5 N–H and O–H groups in total. The van der Waals surface area contributed by atoms with Gasteiger partial charge in [-0.05, 0) is 90.8 Å². The van der Waals surface area contributed by atoms with E-state index in [1.54, 1.807) is 48.5 Å². The number of aliphatic hydroxyl groups is 4. The molecule has 0 fully saturated rings. The van der Waals surface area contributed by atoms with Crippen LogP contribution >= 0.6 is 0 Å². The summed E-state index contributed by atoms with van der Waals surface area (Å²) in [6.45, 7) is 10.8. The molecule has 0 unspecified atom stereocenters. The molecule has 0 saturated heterocycles. The number of carbonyl (C=O) groups is 6. The second-order valence-electron chi connectivity index (χ2n) is 17.4. The average molecular weight is 843 g/mol. The third-order valence-corrected chi connectivity index (χ3v) is 10.4. The van der Waals surface area contributed by atoms with Crippen molar-refractivity contribution in [2.75, 3.05) is 0 Å². The third-order valence-electron chi connectivity index (χ3n) is 10.4. The van der Waals surface area contributed by atoms with Crippen LogP contribution in [0.2, 0.25) is 0 Å². The highest BCUT2D eigenvalue weighted by Crippen LogP contribution is 2.50. The summed E-state index contributed by atoms with van der Waals surface area (Å²) >= 11 is 0. The molecule has 0 saturated carbocycles. The van der Waals surface area contributed by atoms with Crippen LogP contribution in [0, 0.1) is 0 Å². The molecule has 0 spiro atoms. The van der Waals surface area contributed by atoms with E-state index >= 15 is 0 Å². The van der Waals surface area contributed by atoms with Crippen LogP contribution in [0.5, 0.6) is 0 Å². The molecule has 0 aromatic heterocycles. The van der Waals surface area contributed by atoms with Gasteiger partial charge in [-0.2, -0.15) is 0 Å². The number of rotatable bonds is 16. The molecule has 0 radical (unpaired) electrons. The van der Waals surface area contributed by atoms with E-state index in [4.69, 9.17) is 4.74 Å². The molecule has 62 heavy (non-hydrogen) atoms. The Hall–Kier alpha value is -6.44. The second-order valence-corrected chi connectivity index (χ2v) is 17.4. The lowest BCUT2D eigenvalue weighted by atomic mass is 9.69. The first kappa shape index (κ1) is 46.6. The molecular formula is C50H50O12. The van der Waals surface area contributed by atoms with E-state index in [9.17, 15) is 54.3 Å². The largest absolute Gasteiger partial charge is 0.478 e. The lowest BCUT2D eigenvalue weighted by Gasteiger charge is -2.42. The monoisotopic (exact) mass is 842 g/mol. The van der Waals surface area contributed by atoms with Crippen LogP contribution < -0.4 is 0 Å². The molecular weight excluding hydrogens is 793 g/mol. The Balaban J connectivity index is 1.92. The standard InChI is InChI=1S/C50H50O12/c1-46(2,58)40(51)31-13-9-29(10-14-31)39(30-11-15-32(16-12-30)41(52)47(3,4)59)50(37-25-21-33(22-26-37)42(53)48(5,6)60,38-27-23-34(24-28-38)43(54)49(7,8)61)62-45(57)36-19-17-35(18-20-36)44(55)56/h9-28,39,58-61H,1-8H3,(H,55,56). The van der Waals surface area contributed by atoms with Crippen molar-refractivity contribution in [3.05, 3.63) is 177 Å². The van der Waals surface area contributed by atoms with Gasteiger partial charge < -0.3 is 30.3 Å². The molecule has 12 nitrogen and oxygen atoms in total.